The van der Waals surface area contributed by atoms with Gasteiger partial charge < -0.3 is 19.2 Å². The van der Waals surface area contributed by atoms with Gasteiger partial charge in [-0.1, -0.05) is 33.6 Å². The summed E-state index contributed by atoms with van der Waals surface area (Å²) in [4.78, 5) is 10.9. The molecule has 2 heterocycles. The first kappa shape index (κ1) is 20.3. The maximum Gasteiger partial charge on any atom is 0.311 e. The van der Waals surface area contributed by atoms with E-state index in [0.717, 1.165) is 0 Å². The lowest BCUT2D eigenvalue weighted by atomic mass is 9.63. The van der Waals surface area contributed by atoms with Gasteiger partial charge in [-0.2, -0.15) is 0 Å². The van der Waals surface area contributed by atoms with E-state index in [1.54, 1.807) is 0 Å². The fourth-order valence-electron chi connectivity index (χ4n) is 4.87. The van der Waals surface area contributed by atoms with E-state index >= 15 is 0 Å². The lowest BCUT2D eigenvalue weighted by Gasteiger charge is -2.47. The van der Waals surface area contributed by atoms with Crippen LogP contribution >= 0.6 is 0 Å². The molecular formula is C18H40B2N4. The first-order chi connectivity index (χ1) is 11.6. The van der Waals surface area contributed by atoms with Gasteiger partial charge in [-0.3, -0.25) is 0 Å². The minimum atomic E-state index is 0.654. The Labute approximate surface area is 152 Å². The Hall–Kier alpha value is -0.0301. The van der Waals surface area contributed by atoms with Crippen molar-refractivity contribution >= 4 is 14.0 Å². The standard InChI is InChI=1S/C18H40B2N4/c1-6-11-19-21(5)13-9-15-23(19)17-18(4)24-16-10-14-22(8-3)20(24)12-7-2/h18H,6-17H2,1-5H3. The van der Waals surface area contributed by atoms with Crippen LogP contribution in [-0.4, -0.2) is 85.6 Å². The monoisotopic (exact) mass is 334 g/mol. The van der Waals surface area contributed by atoms with Crippen molar-refractivity contribution in [3.63, 3.8) is 0 Å². The van der Waals surface area contributed by atoms with Crippen molar-refractivity contribution in [3.05, 3.63) is 0 Å². The third kappa shape index (κ3) is 5.00. The first-order valence-corrected chi connectivity index (χ1v) is 10.6. The highest BCUT2D eigenvalue weighted by Gasteiger charge is 2.37. The molecule has 0 saturated carbocycles. The molecule has 0 bridgehead atoms. The van der Waals surface area contributed by atoms with Crippen molar-refractivity contribution in [2.75, 3.05) is 46.3 Å². The maximum atomic E-state index is 2.81. The zero-order valence-corrected chi connectivity index (χ0v) is 17.0. The van der Waals surface area contributed by atoms with E-state index in [1.165, 1.54) is 77.6 Å². The molecule has 0 aromatic rings. The summed E-state index contributed by atoms with van der Waals surface area (Å²) in [6.45, 7) is 18.3. The number of nitrogens with zero attached hydrogens (tertiary/aromatic N) is 4. The second-order valence-electron chi connectivity index (χ2n) is 7.94. The van der Waals surface area contributed by atoms with Gasteiger partial charge in [0.25, 0.3) is 0 Å². The molecule has 0 radical (unpaired) electrons. The topological polar surface area (TPSA) is 13.0 Å². The number of rotatable bonds is 8. The van der Waals surface area contributed by atoms with Crippen molar-refractivity contribution in [3.8, 4) is 0 Å². The molecule has 0 N–H and O–H groups in total. The highest BCUT2D eigenvalue weighted by atomic mass is 15.3. The van der Waals surface area contributed by atoms with Gasteiger partial charge in [0.2, 0.25) is 0 Å². The summed E-state index contributed by atoms with van der Waals surface area (Å²) in [6.07, 6.45) is 7.85. The molecular weight excluding hydrogens is 294 g/mol. The van der Waals surface area contributed by atoms with Crippen LogP contribution in [0.2, 0.25) is 12.6 Å². The molecule has 6 heteroatoms. The third-order valence-electron chi connectivity index (χ3n) is 6.12. The summed E-state index contributed by atoms with van der Waals surface area (Å²) in [5.41, 5.74) is 0. The second-order valence-corrected chi connectivity index (χ2v) is 7.94. The quantitative estimate of drug-likeness (QED) is 0.633. The SMILES string of the molecule is CCCB1N(C)CCCN1CC(C)N1CCCN(CC)B1CCC. The van der Waals surface area contributed by atoms with Crippen LogP contribution in [0.25, 0.3) is 0 Å². The van der Waals surface area contributed by atoms with E-state index in [4.69, 9.17) is 0 Å². The Morgan fingerprint density at radius 3 is 2.12 bits per heavy atom. The van der Waals surface area contributed by atoms with Crippen LogP contribution in [-0.2, 0) is 0 Å². The van der Waals surface area contributed by atoms with Crippen LogP contribution in [0.1, 0.15) is 53.4 Å². The van der Waals surface area contributed by atoms with Gasteiger partial charge in [0.1, 0.15) is 0 Å². The number of hydrogen-bond donors (Lipinski definition) is 0. The van der Waals surface area contributed by atoms with Gasteiger partial charge in [0.05, 0.1) is 0 Å². The van der Waals surface area contributed by atoms with Crippen molar-refractivity contribution in [1.82, 2.24) is 19.2 Å². The summed E-state index contributed by atoms with van der Waals surface area (Å²) < 4.78 is 0. The minimum absolute atomic E-state index is 0.654. The summed E-state index contributed by atoms with van der Waals surface area (Å²) in [5.74, 6) is 0. The van der Waals surface area contributed by atoms with Crippen LogP contribution in [0.4, 0.5) is 0 Å². The smallest absolute Gasteiger partial charge is 0.311 e. The highest BCUT2D eigenvalue weighted by molar-refractivity contribution is 6.53. The molecule has 2 saturated heterocycles. The summed E-state index contributed by atoms with van der Waals surface area (Å²) in [7, 11) is 2.32. The van der Waals surface area contributed by atoms with E-state index in [9.17, 15) is 0 Å². The Kier molecular flexibility index (Phi) is 8.62. The van der Waals surface area contributed by atoms with Crippen LogP contribution in [0.15, 0.2) is 0 Å². The summed E-state index contributed by atoms with van der Waals surface area (Å²) >= 11 is 0. The predicted octanol–water partition coefficient (Wildman–Crippen LogP) is 2.84. The van der Waals surface area contributed by atoms with Crippen molar-refractivity contribution in [2.24, 2.45) is 0 Å². The lowest BCUT2D eigenvalue weighted by molar-refractivity contribution is 0.201. The molecule has 4 nitrogen and oxygen atoms in total. The van der Waals surface area contributed by atoms with Crippen LogP contribution in [0, 0.1) is 0 Å². The maximum absolute atomic E-state index is 2.81. The Bertz CT molecular complexity index is 358. The van der Waals surface area contributed by atoms with Crippen LogP contribution < -0.4 is 0 Å². The molecule has 0 amide bonds. The van der Waals surface area contributed by atoms with Crippen molar-refractivity contribution in [2.45, 2.75) is 72.1 Å². The Morgan fingerprint density at radius 2 is 1.46 bits per heavy atom. The van der Waals surface area contributed by atoms with Crippen LogP contribution in [0.5, 0.6) is 0 Å². The van der Waals surface area contributed by atoms with Gasteiger partial charge in [0, 0.05) is 12.6 Å². The van der Waals surface area contributed by atoms with Gasteiger partial charge in [0.15, 0.2) is 0 Å². The molecule has 2 rings (SSSR count). The molecule has 0 spiro atoms. The second kappa shape index (κ2) is 10.2. The summed E-state index contributed by atoms with van der Waals surface area (Å²) in [5, 5.41) is 0. The Morgan fingerprint density at radius 1 is 0.833 bits per heavy atom. The molecule has 2 aliphatic heterocycles. The van der Waals surface area contributed by atoms with E-state index < -0.39 is 0 Å². The van der Waals surface area contributed by atoms with E-state index in [-0.39, 0.29) is 0 Å². The third-order valence-corrected chi connectivity index (χ3v) is 6.12. The zero-order valence-electron chi connectivity index (χ0n) is 17.0. The fourth-order valence-corrected chi connectivity index (χ4v) is 4.87. The molecule has 1 atom stereocenters. The lowest BCUT2D eigenvalue weighted by Crippen LogP contribution is -2.64. The summed E-state index contributed by atoms with van der Waals surface area (Å²) in [6, 6.07) is 0.654. The van der Waals surface area contributed by atoms with Gasteiger partial charge in [-0.15, -0.1) is 0 Å². The molecule has 0 aliphatic carbocycles. The van der Waals surface area contributed by atoms with Gasteiger partial charge in [-0.25, -0.2) is 0 Å². The fraction of sp³-hybridized carbons (Fsp3) is 1.00. The van der Waals surface area contributed by atoms with Crippen LogP contribution in [0.3, 0.4) is 0 Å². The molecule has 2 fully saturated rings. The zero-order chi connectivity index (χ0) is 17.5. The molecule has 0 aromatic heterocycles. The predicted molar refractivity (Wildman–Crippen MR) is 109 cm³/mol. The van der Waals surface area contributed by atoms with Gasteiger partial charge >= 0.3 is 14.0 Å². The molecule has 0 aromatic carbocycles. The highest BCUT2D eigenvalue weighted by Crippen LogP contribution is 2.21. The largest absolute Gasteiger partial charge is 0.331 e. The normalized spacial score (nSPS) is 23.9. The van der Waals surface area contributed by atoms with E-state index in [1.807, 2.05) is 0 Å². The van der Waals surface area contributed by atoms with Crippen molar-refractivity contribution < 1.29 is 0 Å². The average Bonchev–Trinajstić information content (AvgIpc) is 2.58. The average molecular weight is 334 g/mol. The molecule has 138 valence electrons. The Balaban J connectivity index is 2.01. The van der Waals surface area contributed by atoms with Gasteiger partial charge in [-0.05, 0) is 72.2 Å². The minimum Gasteiger partial charge on any atom is -0.331 e. The molecule has 2 aliphatic rings. The molecule has 24 heavy (non-hydrogen) atoms. The number of hydrogen-bond acceptors (Lipinski definition) is 4. The van der Waals surface area contributed by atoms with Crippen molar-refractivity contribution in [1.29, 1.82) is 0 Å². The molecule has 1 unspecified atom stereocenters. The first-order valence-electron chi connectivity index (χ1n) is 10.6. The van der Waals surface area contributed by atoms with E-state index in [2.05, 4.69) is 54.0 Å². The van der Waals surface area contributed by atoms with E-state index in [0.29, 0.717) is 20.0 Å².